The average Bonchev–Trinajstić information content (AvgIpc) is 2.65. The molecule has 3 rings (SSSR count). The van der Waals surface area contributed by atoms with Crippen LogP contribution in [0, 0.1) is 0 Å². The van der Waals surface area contributed by atoms with E-state index >= 15 is 0 Å². The SMILES string of the molecule is CC(C)(C)OC(=O)N1CC(=Cc2ccccc2)C(=O)/C(=C/c2ccccc2)C1. The molecular weight excluding hydrogens is 350 g/mol. The molecule has 0 saturated carbocycles. The minimum absolute atomic E-state index is 0.0347. The summed E-state index contributed by atoms with van der Waals surface area (Å²) in [4.78, 5) is 27.3. The average molecular weight is 375 g/mol. The van der Waals surface area contributed by atoms with Crippen LogP contribution in [-0.4, -0.2) is 35.5 Å². The molecule has 144 valence electrons. The molecule has 0 aromatic heterocycles. The molecule has 1 heterocycles. The van der Waals surface area contributed by atoms with Crippen molar-refractivity contribution in [3.8, 4) is 0 Å². The van der Waals surface area contributed by atoms with E-state index in [9.17, 15) is 9.59 Å². The molecule has 0 spiro atoms. The quantitative estimate of drug-likeness (QED) is 0.696. The molecule has 1 fully saturated rings. The summed E-state index contributed by atoms with van der Waals surface area (Å²) in [6, 6.07) is 19.3. The maximum absolute atomic E-state index is 13.1. The second-order valence-corrected chi connectivity index (χ2v) is 7.83. The molecule has 1 amide bonds. The molecule has 4 nitrogen and oxygen atoms in total. The van der Waals surface area contributed by atoms with E-state index in [0.29, 0.717) is 11.1 Å². The zero-order chi connectivity index (χ0) is 20.1. The zero-order valence-corrected chi connectivity index (χ0v) is 16.5. The molecule has 1 saturated heterocycles. The molecule has 0 N–H and O–H groups in total. The van der Waals surface area contributed by atoms with Gasteiger partial charge in [0.05, 0.1) is 13.1 Å². The number of Topliss-reactive ketones (excluding diaryl/α,β-unsaturated/α-hetero) is 1. The largest absolute Gasteiger partial charge is 0.444 e. The summed E-state index contributed by atoms with van der Waals surface area (Å²) >= 11 is 0. The molecule has 0 radical (unpaired) electrons. The van der Waals surface area contributed by atoms with E-state index < -0.39 is 11.7 Å². The van der Waals surface area contributed by atoms with Crippen molar-refractivity contribution >= 4 is 24.0 Å². The zero-order valence-electron chi connectivity index (χ0n) is 16.5. The van der Waals surface area contributed by atoms with Crippen LogP contribution in [0.3, 0.4) is 0 Å². The summed E-state index contributed by atoms with van der Waals surface area (Å²) in [5, 5.41) is 0. The van der Waals surface area contributed by atoms with E-state index in [2.05, 4.69) is 0 Å². The van der Waals surface area contributed by atoms with Crippen molar-refractivity contribution < 1.29 is 14.3 Å². The van der Waals surface area contributed by atoms with Crippen LogP contribution in [0.5, 0.6) is 0 Å². The van der Waals surface area contributed by atoms with E-state index in [-0.39, 0.29) is 18.9 Å². The second-order valence-electron chi connectivity index (χ2n) is 7.83. The van der Waals surface area contributed by atoms with Crippen molar-refractivity contribution in [1.82, 2.24) is 4.90 Å². The number of carbonyl (C=O) groups excluding carboxylic acids is 2. The number of likely N-dealkylation sites (tertiary alicyclic amines) is 1. The molecular formula is C24H25NO3. The second kappa shape index (κ2) is 8.26. The molecule has 1 aliphatic rings. The lowest BCUT2D eigenvalue weighted by Gasteiger charge is -2.32. The number of rotatable bonds is 2. The van der Waals surface area contributed by atoms with Crippen LogP contribution in [0.15, 0.2) is 71.8 Å². The molecule has 28 heavy (non-hydrogen) atoms. The first-order chi connectivity index (χ1) is 13.3. The lowest BCUT2D eigenvalue weighted by molar-refractivity contribution is -0.113. The minimum atomic E-state index is -0.592. The summed E-state index contributed by atoms with van der Waals surface area (Å²) in [5.74, 6) is -0.0347. The molecule has 4 heteroatoms. The fourth-order valence-corrected chi connectivity index (χ4v) is 3.00. The van der Waals surface area contributed by atoms with Crippen LogP contribution >= 0.6 is 0 Å². The number of piperidine rings is 1. The normalized spacial score (nSPS) is 17.8. The van der Waals surface area contributed by atoms with Gasteiger partial charge in [0.25, 0.3) is 0 Å². The number of benzene rings is 2. The van der Waals surface area contributed by atoms with Crippen molar-refractivity contribution in [2.45, 2.75) is 26.4 Å². The number of hydrogen-bond donors (Lipinski definition) is 0. The van der Waals surface area contributed by atoms with E-state index in [1.165, 1.54) is 0 Å². The van der Waals surface area contributed by atoms with Gasteiger partial charge in [-0.25, -0.2) is 4.79 Å². The summed E-state index contributed by atoms with van der Waals surface area (Å²) in [5.41, 5.74) is 2.41. The number of hydrogen-bond acceptors (Lipinski definition) is 3. The van der Waals surface area contributed by atoms with Crippen molar-refractivity contribution in [2.24, 2.45) is 0 Å². The van der Waals surface area contributed by atoms with Crippen LogP contribution in [0.4, 0.5) is 4.79 Å². The number of carbonyl (C=O) groups is 2. The fourth-order valence-electron chi connectivity index (χ4n) is 3.00. The Morgan fingerprint density at radius 3 is 1.68 bits per heavy atom. The Morgan fingerprint density at radius 2 is 1.29 bits per heavy atom. The maximum Gasteiger partial charge on any atom is 0.410 e. The molecule has 1 aliphatic heterocycles. The molecule has 0 aliphatic carbocycles. The van der Waals surface area contributed by atoms with E-state index in [1.807, 2.05) is 93.6 Å². The lowest BCUT2D eigenvalue weighted by Crippen LogP contribution is -2.44. The highest BCUT2D eigenvalue weighted by molar-refractivity contribution is 6.15. The molecule has 2 aromatic carbocycles. The molecule has 0 unspecified atom stereocenters. The van der Waals surface area contributed by atoms with Crippen molar-refractivity contribution in [3.63, 3.8) is 0 Å². The Hall–Kier alpha value is -3.14. The number of ether oxygens (including phenoxy) is 1. The summed E-state index contributed by atoms with van der Waals surface area (Å²) < 4.78 is 5.53. The third-order valence-corrected chi connectivity index (χ3v) is 4.24. The minimum Gasteiger partial charge on any atom is -0.444 e. The Bertz CT molecular complexity index is 844. The first-order valence-corrected chi connectivity index (χ1v) is 9.36. The number of amides is 1. The van der Waals surface area contributed by atoms with Gasteiger partial charge in [0.1, 0.15) is 5.60 Å². The monoisotopic (exact) mass is 375 g/mol. The highest BCUT2D eigenvalue weighted by Gasteiger charge is 2.31. The van der Waals surface area contributed by atoms with Gasteiger partial charge in [0.15, 0.2) is 5.78 Å². The van der Waals surface area contributed by atoms with Gasteiger partial charge in [0, 0.05) is 11.1 Å². The van der Waals surface area contributed by atoms with E-state index in [4.69, 9.17) is 4.74 Å². The predicted octanol–water partition coefficient (Wildman–Crippen LogP) is 4.97. The van der Waals surface area contributed by atoms with Crippen LogP contribution in [0.1, 0.15) is 31.9 Å². The lowest BCUT2D eigenvalue weighted by atomic mass is 9.94. The molecule has 0 bridgehead atoms. The Morgan fingerprint density at radius 1 is 0.857 bits per heavy atom. The first-order valence-electron chi connectivity index (χ1n) is 9.36. The van der Waals surface area contributed by atoms with Gasteiger partial charge in [-0.2, -0.15) is 0 Å². The summed E-state index contributed by atoms with van der Waals surface area (Å²) in [6.07, 6.45) is 3.27. The summed E-state index contributed by atoms with van der Waals surface area (Å²) in [6.45, 7) is 5.97. The van der Waals surface area contributed by atoms with E-state index in [0.717, 1.165) is 11.1 Å². The van der Waals surface area contributed by atoms with Gasteiger partial charge in [-0.3, -0.25) is 9.69 Å². The van der Waals surface area contributed by atoms with Gasteiger partial charge >= 0.3 is 6.09 Å². The van der Waals surface area contributed by atoms with E-state index in [1.54, 1.807) is 4.90 Å². The van der Waals surface area contributed by atoms with Crippen LogP contribution in [-0.2, 0) is 9.53 Å². The predicted molar refractivity (Wildman–Crippen MR) is 112 cm³/mol. The number of nitrogens with zero attached hydrogens (tertiary/aromatic N) is 1. The van der Waals surface area contributed by atoms with Crippen LogP contribution < -0.4 is 0 Å². The topological polar surface area (TPSA) is 46.6 Å². The Balaban J connectivity index is 1.95. The van der Waals surface area contributed by atoms with Gasteiger partial charge < -0.3 is 4.74 Å². The van der Waals surface area contributed by atoms with Crippen molar-refractivity contribution in [1.29, 1.82) is 0 Å². The third kappa shape index (κ3) is 5.19. The highest BCUT2D eigenvalue weighted by Crippen LogP contribution is 2.23. The van der Waals surface area contributed by atoms with Crippen LogP contribution in [0.2, 0.25) is 0 Å². The standard InChI is InChI=1S/C24H25NO3/c1-24(2,3)28-23(27)25-16-20(14-18-10-6-4-7-11-18)22(26)21(17-25)15-19-12-8-5-9-13-19/h4-15H,16-17H2,1-3H3/b20-14+,21-15?. The Kier molecular flexibility index (Phi) is 5.78. The van der Waals surface area contributed by atoms with Gasteiger partial charge in [-0.1, -0.05) is 60.7 Å². The van der Waals surface area contributed by atoms with Gasteiger partial charge in [0.2, 0.25) is 0 Å². The van der Waals surface area contributed by atoms with Crippen LogP contribution in [0.25, 0.3) is 12.2 Å². The van der Waals surface area contributed by atoms with Crippen molar-refractivity contribution in [2.75, 3.05) is 13.1 Å². The fraction of sp³-hybridized carbons (Fsp3) is 0.250. The molecule has 0 atom stereocenters. The Labute approximate surface area is 166 Å². The maximum atomic E-state index is 13.1. The first kappa shape index (κ1) is 19.6. The smallest absolute Gasteiger partial charge is 0.410 e. The number of ketones is 1. The van der Waals surface area contributed by atoms with Gasteiger partial charge in [-0.15, -0.1) is 0 Å². The highest BCUT2D eigenvalue weighted by atomic mass is 16.6. The van der Waals surface area contributed by atoms with Gasteiger partial charge in [-0.05, 0) is 44.1 Å². The molecule has 2 aromatic rings. The third-order valence-electron chi connectivity index (χ3n) is 4.24. The van der Waals surface area contributed by atoms with Crippen molar-refractivity contribution in [3.05, 3.63) is 82.9 Å². The summed E-state index contributed by atoms with van der Waals surface area (Å²) in [7, 11) is 0.